The number of thiophene rings is 1. The zero-order chi connectivity index (χ0) is 42.6. The molecular weight excluding hydrogens is 805 g/mol. The van der Waals surface area contributed by atoms with E-state index in [0.717, 1.165) is 38.9 Å². The van der Waals surface area contributed by atoms with Crippen LogP contribution in [-0.2, 0) is 0 Å². The summed E-state index contributed by atoms with van der Waals surface area (Å²) in [5.41, 5.74) is 15.0. The predicted octanol–water partition coefficient (Wildman–Crippen LogP) is 16.4. The third-order valence-electron chi connectivity index (χ3n) is 13.7. The minimum Gasteiger partial charge on any atom is -0.227 e. The molecular formula is C62H36N2S. The monoisotopic (exact) mass is 840 g/mol. The standard InChI is InChI=1S/C62H36N2S/c1-2-15-39-33-43(26-25-37(39)13-1)54-30-31-55(64-62(63-54)53-36-42-18-6-7-19-44(42)46-21-9-10-22-47(46)53)60-50(29-32-57-61(60)48-23-11-12-24-56(48)65-57)59-49-28-27-38-14-5-8-20-45(38)58(49)51-34-40-16-3-4-17-41(40)35-52(51)59/h1-30,32-36,59H. The number of hydrogen-bond donors (Lipinski definition) is 0. The molecule has 1 atom stereocenters. The summed E-state index contributed by atoms with van der Waals surface area (Å²) in [6.45, 7) is 0. The molecule has 0 radical (unpaired) electrons. The number of aliphatic imine (C=N–C) groups is 2. The highest BCUT2D eigenvalue weighted by Gasteiger charge is 2.35. The van der Waals surface area contributed by atoms with Crippen molar-refractivity contribution in [3.05, 3.63) is 251 Å². The van der Waals surface area contributed by atoms with E-state index < -0.39 is 0 Å². The molecule has 12 aromatic rings. The largest absolute Gasteiger partial charge is 0.227 e. The molecule has 300 valence electrons. The zero-order valence-corrected chi connectivity index (χ0v) is 35.9. The highest BCUT2D eigenvalue weighted by Crippen LogP contribution is 2.54. The summed E-state index contributed by atoms with van der Waals surface area (Å²) in [5.74, 6) is 0.601. The van der Waals surface area contributed by atoms with Gasteiger partial charge in [0.2, 0.25) is 0 Å². The van der Waals surface area contributed by atoms with Gasteiger partial charge in [0.1, 0.15) is 5.70 Å². The molecule has 3 heteroatoms. The predicted molar refractivity (Wildman–Crippen MR) is 277 cm³/mol. The summed E-state index contributed by atoms with van der Waals surface area (Å²) in [4.78, 5) is 11.4. The Morgan fingerprint density at radius 1 is 0.385 bits per heavy atom. The van der Waals surface area contributed by atoms with Gasteiger partial charge in [0.25, 0.3) is 0 Å². The van der Waals surface area contributed by atoms with Crippen LogP contribution < -0.4 is 0 Å². The van der Waals surface area contributed by atoms with Crippen LogP contribution >= 0.6 is 11.3 Å². The Hall–Kier alpha value is -8.20. The molecule has 1 aliphatic carbocycles. The van der Waals surface area contributed by atoms with Crippen molar-refractivity contribution in [2.75, 3.05) is 0 Å². The van der Waals surface area contributed by atoms with Crippen molar-refractivity contribution in [2.24, 2.45) is 9.98 Å². The Morgan fingerprint density at radius 3 is 1.82 bits per heavy atom. The first kappa shape index (κ1) is 36.3. The van der Waals surface area contributed by atoms with Gasteiger partial charge in [-0.15, -0.1) is 11.3 Å². The fraction of sp³-hybridized carbons (Fsp3) is 0.0161. The second-order valence-corrected chi connectivity index (χ2v) is 18.4. The van der Waals surface area contributed by atoms with Crippen LogP contribution in [0.3, 0.4) is 0 Å². The lowest BCUT2D eigenvalue weighted by Gasteiger charge is -2.20. The van der Waals surface area contributed by atoms with Gasteiger partial charge in [-0.3, -0.25) is 0 Å². The molecule has 1 aromatic heterocycles. The number of rotatable bonds is 4. The van der Waals surface area contributed by atoms with Crippen molar-refractivity contribution in [2.45, 2.75) is 5.92 Å². The van der Waals surface area contributed by atoms with Crippen molar-refractivity contribution in [1.29, 1.82) is 0 Å². The van der Waals surface area contributed by atoms with E-state index in [1.165, 1.54) is 91.1 Å². The van der Waals surface area contributed by atoms with E-state index in [-0.39, 0.29) is 5.92 Å². The maximum atomic E-state index is 5.80. The van der Waals surface area contributed by atoms with E-state index in [4.69, 9.17) is 9.98 Å². The summed E-state index contributed by atoms with van der Waals surface area (Å²) in [5, 5.41) is 14.5. The first-order valence-corrected chi connectivity index (χ1v) is 23.1. The topological polar surface area (TPSA) is 24.7 Å². The molecule has 1 unspecified atom stereocenters. The summed E-state index contributed by atoms with van der Waals surface area (Å²) >= 11 is 1.84. The van der Waals surface area contributed by atoms with Gasteiger partial charge in [-0.1, -0.05) is 176 Å². The van der Waals surface area contributed by atoms with Crippen molar-refractivity contribution < 1.29 is 0 Å². The first-order valence-electron chi connectivity index (χ1n) is 22.3. The molecule has 2 aliphatic rings. The second kappa shape index (κ2) is 14.2. The lowest BCUT2D eigenvalue weighted by Crippen LogP contribution is -2.06. The normalized spacial score (nSPS) is 14.6. The number of amidine groups is 1. The number of benzene rings is 11. The van der Waals surface area contributed by atoms with Gasteiger partial charge in [-0.2, -0.15) is 0 Å². The minimum atomic E-state index is -0.0640. The Morgan fingerprint density at radius 2 is 0.985 bits per heavy atom. The lowest BCUT2D eigenvalue weighted by atomic mass is 9.83. The van der Waals surface area contributed by atoms with E-state index in [1.807, 2.05) is 11.3 Å². The van der Waals surface area contributed by atoms with Crippen LogP contribution in [-0.4, -0.2) is 11.5 Å². The van der Waals surface area contributed by atoms with E-state index in [0.29, 0.717) is 5.84 Å². The van der Waals surface area contributed by atoms with Gasteiger partial charge in [-0.05, 0) is 118 Å². The minimum absolute atomic E-state index is 0.0640. The molecule has 0 N–H and O–H groups in total. The highest BCUT2D eigenvalue weighted by atomic mass is 32.1. The number of allylic oxidation sites excluding steroid dienone is 1. The molecule has 0 spiro atoms. The van der Waals surface area contributed by atoms with Crippen molar-refractivity contribution >= 4 is 103 Å². The average molecular weight is 841 g/mol. The third kappa shape index (κ3) is 5.60. The molecule has 14 rings (SSSR count). The van der Waals surface area contributed by atoms with Crippen LogP contribution in [0.25, 0.3) is 90.9 Å². The fourth-order valence-corrected chi connectivity index (χ4v) is 11.9. The Balaban J connectivity index is 1.10. The van der Waals surface area contributed by atoms with Gasteiger partial charge in [0.15, 0.2) is 5.84 Å². The number of fused-ring (bicyclic) bond motifs is 13. The van der Waals surface area contributed by atoms with E-state index >= 15 is 0 Å². The summed E-state index contributed by atoms with van der Waals surface area (Å²) in [7, 11) is 0. The fourth-order valence-electron chi connectivity index (χ4n) is 10.8. The molecule has 2 nitrogen and oxygen atoms in total. The number of hydrogen-bond acceptors (Lipinski definition) is 3. The van der Waals surface area contributed by atoms with Crippen molar-refractivity contribution in [1.82, 2.24) is 0 Å². The first-order chi connectivity index (χ1) is 32.2. The van der Waals surface area contributed by atoms with Gasteiger partial charge in [-0.25, -0.2) is 9.98 Å². The van der Waals surface area contributed by atoms with Crippen molar-refractivity contribution in [3.63, 3.8) is 0 Å². The summed E-state index contributed by atoms with van der Waals surface area (Å²) in [6, 6.07) is 75.5. The maximum Gasteiger partial charge on any atom is 0.161 e. The molecule has 65 heavy (non-hydrogen) atoms. The Labute approximate surface area is 379 Å². The zero-order valence-electron chi connectivity index (χ0n) is 35.1. The summed E-state index contributed by atoms with van der Waals surface area (Å²) < 4.78 is 2.48. The highest BCUT2D eigenvalue weighted by molar-refractivity contribution is 7.25. The van der Waals surface area contributed by atoms with Gasteiger partial charge >= 0.3 is 0 Å². The Bertz CT molecular complexity index is 4180. The Kier molecular flexibility index (Phi) is 7.91. The van der Waals surface area contributed by atoms with Gasteiger partial charge < -0.3 is 0 Å². The number of nitrogens with zero attached hydrogens (tertiary/aromatic N) is 2. The SMILES string of the molecule is C1=CC(c2ccc3ccccc3c2)=NC(c2cc3ccccc3c3ccccc23)=NC=1c1c(C2c3cc4ccccc4cc3-c3c2ccc2ccccc32)ccc2sc3ccccc3c12. The van der Waals surface area contributed by atoms with E-state index in [2.05, 4.69) is 218 Å². The maximum absolute atomic E-state index is 5.80. The third-order valence-corrected chi connectivity index (χ3v) is 14.9. The van der Waals surface area contributed by atoms with Crippen LogP contribution in [0.4, 0.5) is 0 Å². The molecule has 0 amide bonds. The molecule has 2 heterocycles. The van der Waals surface area contributed by atoms with E-state index in [1.54, 1.807) is 0 Å². The summed E-state index contributed by atoms with van der Waals surface area (Å²) in [6.07, 6.45) is 2.08. The molecule has 11 aromatic carbocycles. The van der Waals surface area contributed by atoms with Crippen LogP contribution in [0.5, 0.6) is 0 Å². The average Bonchev–Trinajstić information content (AvgIpc) is 3.81. The second-order valence-electron chi connectivity index (χ2n) is 17.3. The van der Waals surface area contributed by atoms with E-state index in [9.17, 15) is 0 Å². The quantitative estimate of drug-likeness (QED) is 0.125. The molecule has 0 saturated heterocycles. The molecule has 1 aliphatic heterocycles. The van der Waals surface area contributed by atoms with Crippen LogP contribution in [0, 0.1) is 0 Å². The molecule has 0 bridgehead atoms. The van der Waals surface area contributed by atoms with Crippen LogP contribution in [0.15, 0.2) is 228 Å². The lowest BCUT2D eigenvalue weighted by molar-refractivity contribution is 1.02. The van der Waals surface area contributed by atoms with Crippen molar-refractivity contribution in [3.8, 4) is 11.1 Å². The smallest absolute Gasteiger partial charge is 0.161 e. The molecule has 0 saturated carbocycles. The van der Waals surface area contributed by atoms with Gasteiger partial charge in [0, 0.05) is 48.9 Å². The van der Waals surface area contributed by atoms with Crippen LogP contribution in [0.2, 0.25) is 0 Å². The van der Waals surface area contributed by atoms with Gasteiger partial charge in [0.05, 0.1) is 5.71 Å². The molecule has 0 fully saturated rings. The van der Waals surface area contributed by atoms with Crippen LogP contribution in [0.1, 0.15) is 39.3 Å².